The Hall–Kier alpha value is -2.17. The minimum Gasteiger partial charge on any atom is -0.322 e. The predicted octanol–water partition coefficient (Wildman–Crippen LogP) is 3.56. The highest BCUT2D eigenvalue weighted by Gasteiger charge is 2.28. The SMILES string of the molecule is CN1CCN(C2CCCc3ccc(NC(=O)c4ccccc4)cc32)CC1. The molecule has 1 amide bonds. The van der Waals surface area contributed by atoms with Gasteiger partial charge in [-0.1, -0.05) is 24.3 Å². The van der Waals surface area contributed by atoms with E-state index < -0.39 is 0 Å². The summed E-state index contributed by atoms with van der Waals surface area (Å²) >= 11 is 0. The number of hydrogen-bond acceptors (Lipinski definition) is 3. The Morgan fingerprint density at radius 1 is 1.04 bits per heavy atom. The second kappa shape index (κ2) is 7.60. The molecule has 136 valence electrons. The molecule has 1 aliphatic carbocycles. The lowest BCUT2D eigenvalue weighted by Crippen LogP contribution is -2.46. The van der Waals surface area contributed by atoms with Crippen LogP contribution in [0.1, 0.15) is 40.4 Å². The number of likely N-dealkylation sites (N-methyl/N-ethyl adjacent to an activating group) is 1. The Morgan fingerprint density at radius 3 is 2.58 bits per heavy atom. The molecule has 4 heteroatoms. The molecule has 2 aliphatic rings. The number of hydrogen-bond donors (Lipinski definition) is 1. The molecule has 0 bridgehead atoms. The maximum Gasteiger partial charge on any atom is 0.255 e. The Kier molecular flexibility index (Phi) is 5.05. The molecule has 0 spiro atoms. The molecule has 1 atom stereocenters. The van der Waals surface area contributed by atoms with Crippen molar-refractivity contribution in [1.82, 2.24) is 9.80 Å². The summed E-state index contributed by atoms with van der Waals surface area (Å²) < 4.78 is 0. The van der Waals surface area contributed by atoms with E-state index in [2.05, 4.69) is 34.3 Å². The summed E-state index contributed by atoms with van der Waals surface area (Å²) in [6.45, 7) is 4.52. The molecule has 0 aromatic heterocycles. The van der Waals surface area contributed by atoms with Gasteiger partial charge in [-0.3, -0.25) is 9.69 Å². The van der Waals surface area contributed by atoms with Crippen molar-refractivity contribution in [2.24, 2.45) is 0 Å². The van der Waals surface area contributed by atoms with Crippen molar-refractivity contribution in [3.63, 3.8) is 0 Å². The summed E-state index contributed by atoms with van der Waals surface area (Å²) in [7, 11) is 2.20. The van der Waals surface area contributed by atoms with Gasteiger partial charge in [0.05, 0.1) is 0 Å². The van der Waals surface area contributed by atoms with E-state index >= 15 is 0 Å². The van der Waals surface area contributed by atoms with Crippen LogP contribution in [0.3, 0.4) is 0 Å². The predicted molar refractivity (Wildman–Crippen MR) is 106 cm³/mol. The highest BCUT2D eigenvalue weighted by molar-refractivity contribution is 6.04. The summed E-state index contributed by atoms with van der Waals surface area (Å²) in [6, 6.07) is 16.4. The molecule has 2 aromatic carbocycles. The molecular weight excluding hydrogens is 322 g/mol. The number of carbonyl (C=O) groups is 1. The quantitative estimate of drug-likeness (QED) is 0.920. The molecule has 4 rings (SSSR count). The number of nitrogens with one attached hydrogen (secondary N) is 1. The van der Waals surface area contributed by atoms with Crippen LogP contribution in [-0.2, 0) is 6.42 Å². The molecule has 1 aliphatic heterocycles. The highest BCUT2D eigenvalue weighted by atomic mass is 16.1. The summed E-state index contributed by atoms with van der Waals surface area (Å²) in [5.74, 6) is -0.0440. The summed E-state index contributed by atoms with van der Waals surface area (Å²) in [6.07, 6.45) is 3.61. The third kappa shape index (κ3) is 3.67. The second-order valence-electron chi connectivity index (χ2n) is 7.48. The van der Waals surface area contributed by atoms with Gasteiger partial charge in [-0.05, 0) is 61.7 Å². The van der Waals surface area contributed by atoms with E-state index in [4.69, 9.17) is 0 Å². The number of rotatable bonds is 3. The lowest BCUT2D eigenvalue weighted by Gasteiger charge is -2.40. The molecule has 1 heterocycles. The van der Waals surface area contributed by atoms with Crippen molar-refractivity contribution >= 4 is 11.6 Å². The number of benzene rings is 2. The van der Waals surface area contributed by atoms with Crippen molar-refractivity contribution in [3.8, 4) is 0 Å². The van der Waals surface area contributed by atoms with Crippen molar-refractivity contribution in [1.29, 1.82) is 0 Å². The normalized spacial score (nSPS) is 21.2. The summed E-state index contributed by atoms with van der Waals surface area (Å²) in [5, 5.41) is 3.07. The topological polar surface area (TPSA) is 35.6 Å². The van der Waals surface area contributed by atoms with E-state index in [9.17, 15) is 4.79 Å². The fourth-order valence-corrected chi connectivity index (χ4v) is 4.16. The number of carbonyl (C=O) groups excluding carboxylic acids is 1. The van der Waals surface area contributed by atoms with Gasteiger partial charge in [-0.2, -0.15) is 0 Å². The smallest absolute Gasteiger partial charge is 0.255 e. The van der Waals surface area contributed by atoms with Crippen LogP contribution in [-0.4, -0.2) is 48.9 Å². The molecule has 1 unspecified atom stereocenters. The van der Waals surface area contributed by atoms with E-state index in [1.165, 1.54) is 24.0 Å². The fraction of sp³-hybridized carbons (Fsp3) is 0.409. The van der Waals surface area contributed by atoms with Crippen LogP contribution >= 0.6 is 0 Å². The lowest BCUT2D eigenvalue weighted by atomic mass is 9.86. The minimum absolute atomic E-state index is 0.0440. The molecule has 0 radical (unpaired) electrons. The van der Waals surface area contributed by atoms with Crippen molar-refractivity contribution < 1.29 is 4.79 Å². The van der Waals surface area contributed by atoms with Gasteiger partial charge in [0.1, 0.15) is 0 Å². The summed E-state index contributed by atoms with van der Waals surface area (Å²) in [4.78, 5) is 17.5. The van der Waals surface area contributed by atoms with Crippen LogP contribution in [0.15, 0.2) is 48.5 Å². The Bertz CT molecular complexity index is 766. The molecule has 1 saturated heterocycles. The van der Waals surface area contributed by atoms with Gasteiger partial charge in [-0.25, -0.2) is 0 Å². The van der Waals surface area contributed by atoms with Crippen LogP contribution in [0.2, 0.25) is 0 Å². The monoisotopic (exact) mass is 349 g/mol. The maximum atomic E-state index is 12.5. The van der Waals surface area contributed by atoms with Crippen LogP contribution in [0.5, 0.6) is 0 Å². The molecule has 1 fully saturated rings. The van der Waals surface area contributed by atoms with Crippen LogP contribution in [0, 0.1) is 0 Å². The first-order chi connectivity index (χ1) is 12.7. The van der Waals surface area contributed by atoms with Gasteiger partial charge in [0.2, 0.25) is 0 Å². The molecule has 0 saturated carbocycles. The van der Waals surface area contributed by atoms with Crippen molar-refractivity contribution in [2.75, 3.05) is 38.5 Å². The van der Waals surface area contributed by atoms with Gasteiger partial charge in [0.25, 0.3) is 5.91 Å². The first-order valence-corrected chi connectivity index (χ1v) is 9.62. The number of anilines is 1. The minimum atomic E-state index is -0.0440. The Balaban J connectivity index is 1.54. The number of nitrogens with zero attached hydrogens (tertiary/aromatic N) is 2. The largest absolute Gasteiger partial charge is 0.322 e. The van der Waals surface area contributed by atoms with Crippen LogP contribution < -0.4 is 5.32 Å². The zero-order chi connectivity index (χ0) is 17.9. The summed E-state index contributed by atoms with van der Waals surface area (Å²) in [5.41, 5.74) is 4.45. The van der Waals surface area contributed by atoms with Crippen LogP contribution in [0.25, 0.3) is 0 Å². The Labute approximate surface area is 155 Å². The van der Waals surface area contributed by atoms with Gasteiger partial charge >= 0.3 is 0 Å². The molecule has 2 aromatic rings. The standard InChI is InChI=1S/C22H27N3O/c1-24-12-14-25(15-13-24)21-9-5-8-17-10-11-19(16-20(17)21)23-22(26)18-6-3-2-4-7-18/h2-4,6-7,10-11,16,21H,5,8-9,12-15H2,1H3,(H,23,26). The van der Waals surface area contributed by atoms with Crippen LogP contribution in [0.4, 0.5) is 5.69 Å². The van der Waals surface area contributed by atoms with Gasteiger partial charge in [0, 0.05) is 43.5 Å². The van der Waals surface area contributed by atoms with E-state index in [1.54, 1.807) is 0 Å². The van der Waals surface area contributed by atoms with E-state index in [1.807, 2.05) is 36.4 Å². The second-order valence-corrected chi connectivity index (χ2v) is 7.48. The van der Waals surface area contributed by atoms with Gasteiger partial charge in [0.15, 0.2) is 0 Å². The van der Waals surface area contributed by atoms with Crippen molar-refractivity contribution in [2.45, 2.75) is 25.3 Å². The molecule has 1 N–H and O–H groups in total. The van der Waals surface area contributed by atoms with E-state index in [0.29, 0.717) is 11.6 Å². The third-order valence-electron chi connectivity index (χ3n) is 5.70. The number of amides is 1. The average molecular weight is 349 g/mol. The number of fused-ring (bicyclic) bond motifs is 1. The van der Waals surface area contributed by atoms with Gasteiger partial charge in [-0.15, -0.1) is 0 Å². The average Bonchev–Trinajstić information content (AvgIpc) is 2.69. The zero-order valence-electron chi connectivity index (χ0n) is 15.4. The number of piperazine rings is 1. The van der Waals surface area contributed by atoms with Gasteiger partial charge < -0.3 is 10.2 Å². The Morgan fingerprint density at radius 2 is 1.81 bits per heavy atom. The molecule has 26 heavy (non-hydrogen) atoms. The third-order valence-corrected chi connectivity index (χ3v) is 5.70. The van der Waals surface area contributed by atoms with E-state index in [0.717, 1.165) is 38.3 Å². The maximum absolute atomic E-state index is 12.5. The van der Waals surface area contributed by atoms with E-state index in [-0.39, 0.29) is 5.91 Å². The molecule has 4 nitrogen and oxygen atoms in total. The highest BCUT2D eigenvalue weighted by Crippen LogP contribution is 2.36. The first kappa shape index (κ1) is 17.3. The number of aryl methyl sites for hydroxylation is 1. The first-order valence-electron chi connectivity index (χ1n) is 9.62. The molecular formula is C22H27N3O. The zero-order valence-corrected chi connectivity index (χ0v) is 15.4. The van der Waals surface area contributed by atoms with Crippen molar-refractivity contribution in [3.05, 3.63) is 65.2 Å². The fourth-order valence-electron chi connectivity index (χ4n) is 4.16. The lowest BCUT2D eigenvalue weighted by molar-refractivity contribution is 0.102.